The van der Waals surface area contributed by atoms with E-state index >= 15 is 0 Å². The molecule has 1 fully saturated rings. The third-order valence-corrected chi connectivity index (χ3v) is 5.15. The number of hydrogen-bond donors (Lipinski definition) is 0. The third-order valence-electron chi connectivity index (χ3n) is 5.15. The van der Waals surface area contributed by atoms with E-state index in [1.54, 1.807) is 25.2 Å². The number of urea groups is 1. The second-order valence-electron chi connectivity index (χ2n) is 6.91. The molecule has 0 radical (unpaired) electrons. The Bertz CT molecular complexity index is 901. The summed E-state index contributed by atoms with van der Waals surface area (Å²) in [4.78, 5) is 33.1. The first-order chi connectivity index (χ1) is 12.1. The van der Waals surface area contributed by atoms with Crippen molar-refractivity contribution < 1.29 is 9.59 Å². The van der Waals surface area contributed by atoms with E-state index < -0.39 is 0 Å². The number of likely N-dealkylation sites (tertiary alicyclic amines) is 1. The van der Waals surface area contributed by atoms with Crippen molar-refractivity contribution in [3.8, 4) is 0 Å². The van der Waals surface area contributed by atoms with Crippen LogP contribution in [0.1, 0.15) is 24.8 Å². The fourth-order valence-electron chi connectivity index (χ4n) is 3.99. The second-order valence-corrected chi connectivity index (χ2v) is 6.91. The second kappa shape index (κ2) is 5.99. The van der Waals surface area contributed by atoms with E-state index in [9.17, 15) is 9.59 Å². The lowest BCUT2D eigenvalue weighted by atomic mass is 9.84. The maximum atomic E-state index is 12.7. The lowest BCUT2D eigenvalue weighted by molar-refractivity contribution is -0.114. The number of amides is 2. The highest BCUT2D eigenvalue weighted by molar-refractivity contribution is 6.23. The number of fused-ring (bicyclic) bond motifs is 2. The van der Waals surface area contributed by atoms with Gasteiger partial charge in [0.05, 0.1) is 11.6 Å². The molecule has 0 bridgehead atoms. The van der Waals surface area contributed by atoms with Crippen LogP contribution < -0.4 is 0 Å². The van der Waals surface area contributed by atoms with Crippen LogP contribution in [0.2, 0.25) is 0 Å². The van der Waals surface area contributed by atoms with Gasteiger partial charge in [-0.05, 0) is 30.5 Å². The Hall–Kier alpha value is -2.69. The van der Waals surface area contributed by atoms with Crippen LogP contribution in [0, 0.1) is 0 Å². The molecule has 25 heavy (non-hydrogen) atoms. The maximum absolute atomic E-state index is 12.7. The highest BCUT2D eigenvalue weighted by atomic mass is 16.2. The summed E-state index contributed by atoms with van der Waals surface area (Å²) in [6.07, 6.45) is 3.76. The van der Waals surface area contributed by atoms with Crippen LogP contribution in [0.5, 0.6) is 0 Å². The van der Waals surface area contributed by atoms with Crippen molar-refractivity contribution >= 4 is 28.3 Å². The van der Waals surface area contributed by atoms with Gasteiger partial charge in [-0.2, -0.15) is 0 Å². The summed E-state index contributed by atoms with van der Waals surface area (Å²) in [5.74, 6) is 0.169. The standard InChI is InChI=1S/C20H21N3O2/c1-22(2)20(25)23-10-9-15-17(23)7-8-18(24)19(15)14-11-13-5-3-4-6-16(13)21-12-14/h3-6,11-12,17H,7-10H2,1-2H3. The van der Waals surface area contributed by atoms with Gasteiger partial charge in [-0.1, -0.05) is 18.2 Å². The van der Waals surface area contributed by atoms with Crippen LogP contribution in [0.15, 0.2) is 42.1 Å². The fraction of sp³-hybridized carbons (Fsp3) is 0.350. The number of ketones is 1. The minimum absolute atomic E-state index is 0.0188. The SMILES string of the molecule is CN(C)C(=O)N1CCC2=C(c3cnc4ccccc4c3)C(=O)CCC21. The molecule has 1 aliphatic heterocycles. The largest absolute Gasteiger partial charge is 0.331 e. The van der Waals surface area contributed by atoms with Crippen LogP contribution in [0.25, 0.3) is 16.5 Å². The van der Waals surface area contributed by atoms with Gasteiger partial charge < -0.3 is 9.80 Å². The van der Waals surface area contributed by atoms with E-state index in [2.05, 4.69) is 4.98 Å². The number of Topliss-reactive ketones (excluding diaryl/α,β-unsaturated/α-hetero) is 1. The molecule has 1 unspecified atom stereocenters. The van der Waals surface area contributed by atoms with Crippen molar-refractivity contribution in [1.29, 1.82) is 0 Å². The predicted octanol–water partition coefficient (Wildman–Crippen LogP) is 3.11. The van der Waals surface area contributed by atoms with Gasteiger partial charge in [0.25, 0.3) is 0 Å². The lowest BCUT2D eigenvalue weighted by Gasteiger charge is -2.31. The lowest BCUT2D eigenvalue weighted by Crippen LogP contribution is -2.43. The average Bonchev–Trinajstić information content (AvgIpc) is 3.04. The topological polar surface area (TPSA) is 53.5 Å². The predicted molar refractivity (Wildman–Crippen MR) is 97.1 cm³/mol. The number of benzene rings is 1. The number of pyridine rings is 1. The van der Waals surface area contributed by atoms with Gasteiger partial charge in [-0.3, -0.25) is 9.78 Å². The molecule has 1 saturated heterocycles. The summed E-state index contributed by atoms with van der Waals surface area (Å²) in [7, 11) is 3.54. The Kier molecular flexibility index (Phi) is 3.79. The molecule has 1 atom stereocenters. The molecule has 1 aromatic heterocycles. The van der Waals surface area contributed by atoms with E-state index in [1.807, 2.05) is 35.2 Å². The third kappa shape index (κ3) is 2.60. The summed E-state index contributed by atoms with van der Waals surface area (Å²) in [6, 6.07) is 10.0. The van der Waals surface area contributed by atoms with Gasteiger partial charge in [0.15, 0.2) is 5.78 Å². The quantitative estimate of drug-likeness (QED) is 0.805. The van der Waals surface area contributed by atoms with Gasteiger partial charge in [0.2, 0.25) is 0 Å². The molecule has 4 rings (SSSR count). The molecule has 2 aliphatic rings. The van der Waals surface area contributed by atoms with Crippen molar-refractivity contribution in [3.63, 3.8) is 0 Å². The zero-order valence-corrected chi connectivity index (χ0v) is 14.5. The summed E-state index contributed by atoms with van der Waals surface area (Å²) < 4.78 is 0. The van der Waals surface area contributed by atoms with Crippen molar-refractivity contribution in [1.82, 2.24) is 14.8 Å². The average molecular weight is 335 g/mol. The minimum Gasteiger partial charge on any atom is -0.331 e. The Morgan fingerprint density at radius 2 is 2.04 bits per heavy atom. The van der Waals surface area contributed by atoms with Gasteiger partial charge >= 0.3 is 6.03 Å². The monoisotopic (exact) mass is 335 g/mol. The van der Waals surface area contributed by atoms with E-state index in [0.717, 1.165) is 40.5 Å². The molecule has 0 saturated carbocycles. The van der Waals surface area contributed by atoms with Crippen LogP contribution >= 0.6 is 0 Å². The van der Waals surface area contributed by atoms with Gasteiger partial charge in [-0.25, -0.2) is 4.79 Å². The Balaban J connectivity index is 1.79. The molecular formula is C20H21N3O2. The molecule has 0 N–H and O–H groups in total. The number of hydrogen-bond acceptors (Lipinski definition) is 3. The molecule has 5 heteroatoms. The first kappa shape index (κ1) is 15.8. The van der Waals surface area contributed by atoms with E-state index in [0.29, 0.717) is 13.0 Å². The highest BCUT2D eigenvalue weighted by Gasteiger charge is 2.39. The molecule has 1 aromatic carbocycles. The zero-order valence-electron chi connectivity index (χ0n) is 14.5. The van der Waals surface area contributed by atoms with Crippen LogP contribution in [-0.2, 0) is 4.79 Å². The van der Waals surface area contributed by atoms with E-state index in [1.165, 1.54) is 0 Å². The van der Waals surface area contributed by atoms with Gasteiger partial charge in [0, 0.05) is 49.8 Å². The number of allylic oxidation sites excluding steroid dienone is 1. The van der Waals surface area contributed by atoms with Crippen molar-refractivity contribution in [2.24, 2.45) is 0 Å². The summed E-state index contributed by atoms with van der Waals surface area (Å²) in [5.41, 5.74) is 3.68. The first-order valence-corrected chi connectivity index (χ1v) is 8.65. The van der Waals surface area contributed by atoms with Crippen LogP contribution in [0.4, 0.5) is 4.79 Å². The molecule has 5 nitrogen and oxygen atoms in total. The number of carbonyl (C=O) groups excluding carboxylic acids is 2. The molecule has 128 valence electrons. The minimum atomic E-state index is 0.0188. The smallest absolute Gasteiger partial charge is 0.319 e. The maximum Gasteiger partial charge on any atom is 0.319 e. The van der Waals surface area contributed by atoms with Crippen molar-refractivity contribution in [2.45, 2.75) is 25.3 Å². The summed E-state index contributed by atoms with van der Waals surface area (Å²) >= 11 is 0. The molecular weight excluding hydrogens is 314 g/mol. The van der Waals surface area contributed by atoms with Gasteiger partial charge in [-0.15, -0.1) is 0 Å². The van der Waals surface area contributed by atoms with Gasteiger partial charge in [0.1, 0.15) is 0 Å². The van der Waals surface area contributed by atoms with Crippen LogP contribution in [-0.4, -0.2) is 53.3 Å². The molecule has 2 heterocycles. The molecule has 2 amide bonds. The Morgan fingerprint density at radius 1 is 1.24 bits per heavy atom. The van der Waals surface area contributed by atoms with Crippen LogP contribution in [0.3, 0.4) is 0 Å². The number of carbonyl (C=O) groups is 2. The van der Waals surface area contributed by atoms with Crippen molar-refractivity contribution in [2.75, 3.05) is 20.6 Å². The number of nitrogens with zero attached hydrogens (tertiary/aromatic N) is 3. The summed E-state index contributed by atoms with van der Waals surface area (Å²) in [5, 5.41) is 1.03. The number of rotatable bonds is 1. The Morgan fingerprint density at radius 3 is 2.84 bits per heavy atom. The zero-order chi connectivity index (χ0) is 17.6. The van der Waals surface area contributed by atoms with E-state index in [4.69, 9.17) is 0 Å². The first-order valence-electron chi connectivity index (χ1n) is 8.65. The Labute approximate surface area is 146 Å². The summed E-state index contributed by atoms with van der Waals surface area (Å²) in [6.45, 7) is 0.675. The molecule has 2 aromatic rings. The van der Waals surface area contributed by atoms with E-state index in [-0.39, 0.29) is 17.9 Å². The van der Waals surface area contributed by atoms with Crippen molar-refractivity contribution in [3.05, 3.63) is 47.7 Å². The number of para-hydroxylation sites is 1. The number of aromatic nitrogens is 1. The molecule has 0 spiro atoms. The normalized spacial score (nSPS) is 20.2. The fourth-order valence-corrected chi connectivity index (χ4v) is 3.99. The molecule has 1 aliphatic carbocycles. The highest BCUT2D eigenvalue weighted by Crippen LogP contribution is 2.39.